The van der Waals surface area contributed by atoms with Crippen molar-refractivity contribution in [3.05, 3.63) is 60.2 Å². The van der Waals surface area contributed by atoms with Crippen molar-refractivity contribution in [2.75, 3.05) is 0 Å². The van der Waals surface area contributed by atoms with Gasteiger partial charge in [0.1, 0.15) is 0 Å². The summed E-state index contributed by atoms with van der Waals surface area (Å²) in [5, 5.41) is 0. The first-order valence-electron chi connectivity index (χ1n) is 7.39. The van der Waals surface area contributed by atoms with Gasteiger partial charge < -0.3 is 0 Å². The third kappa shape index (κ3) is 3.82. The first kappa shape index (κ1) is 17.7. The molecule has 0 spiro atoms. The van der Waals surface area contributed by atoms with E-state index in [1.807, 2.05) is 0 Å². The molecule has 2 aromatic carbocycles. The van der Waals surface area contributed by atoms with Gasteiger partial charge in [0, 0.05) is 0 Å². The summed E-state index contributed by atoms with van der Waals surface area (Å²) in [5.74, 6) is 0.553. The Morgan fingerprint density at radius 2 is 1.22 bits per heavy atom. The minimum atomic E-state index is -4.47. The van der Waals surface area contributed by atoms with Crippen LogP contribution in [0.15, 0.2) is 64.4 Å². The number of rotatable bonds is 6. The van der Waals surface area contributed by atoms with Gasteiger partial charge in [-0.1, -0.05) is 44.2 Å². The van der Waals surface area contributed by atoms with Crippen LogP contribution >= 0.6 is 0 Å². The Balaban J connectivity index is 2.33. The molecule has 0 bridgehead atoms. The maximum Gasteiger partial charge on any atom is 0.286 e. The van der Waals surface area contributed by atoms with Gasteiger partial charge in [0.25, 0.3) is 17.7 Å². The Hall–Kier alpha value is -1.66. The highest BCUT2D eigenvalue weighted by molar-refractivity contribution is 8.67. The van der Waals surface area contributed by atoms with Gasteiger partial charge in [0.2, 0.25) is 0 Å². The Labute approximate surface area is 137 Å². The Kier molecular flexibility index (Phi) is 5.26. The van der Waals surface area contributed by atoms with Gasteiger partial charge in [-0.2, -0.15) is 0 Å². The molecule has 0 saturated heterocycles. The zero-order valence-electron chi connectivity index (χ0n) is 13.1. The molecule has 2 rings (SSSR count). The van der Waals surface area contributed by atoms with E-state index in [0.717, 1.165) is 18.4 Å². The van der Waals surface area contributed by atoms with Crippen molar-refractivity contribution in [2.45, 2.75) is 36.5 Å². The van der Waals surface area contributed by atoms with E-state index in [1.54, 1.807) is 18.2 Å². The van der Waals surface area contributed by atoms with Crippen LogP contribution in [0.5, 0.6) is 0 Å². The quantitative estimate of drug-likeness (QED) is 0.747. The SMILES string of the molecule is CC(C)CCc1ccc(S(=O)(=O)S(=O)(=O)c2ccccc2)cc1. The molecule has 0 aromatic heterocycles. The Morgan fingerprint density at radius 3 is 1.70 bits per heavy atom. The first-order valence-corrected chi connectivity index (χ1v) is 10.9. The molecule has 0 aliphatic carbocycles. The monoisotopic (exact) mass is 352 g/mol. The second-order valence-electron chi connectivity index (χ2n) is 5.80. The van der Waals surface area contributed by atoms with E-state index < -0.39 is 17.7 Å². The molecule has 4 nitrogen and oxygen atoms in total. The predicted octanol–water partition coefficient (Wildman–Crippen LogP) is 3.44. The highest BCUT2D eigenvalue weighted by atomic mass is 33.2. The van der Waals surface area contributed by atoms with Crippen LogP contribution in [0.3, 0.4) is 0 Å². The fourth-order valence-corrected chi connectivity index (χ4v) is 5.77. The van der Waals surface area contributed by atoms with Gasteiger partial charge >= 0.3 is 0 Å². The number of hydrogen-bond acceptors (Lipinski definition) is 4. The smallest absolute Gasteiger partial charge is 0.207 e. The molecule has 0 unspecified atom stereocenters. The molecule has 0 aliphatic rings. The van der Waals surface area contributed by atoms with Crippen molar-refractivity contribution in [1.29, 1.82) is 0 Å². The number of benzene rings is 2. The summed E-state index contributed by atoms with van der Waals surface area (Å²) in [4.78, 5) is -0.418. The summed E-state index contributed by atoms with van der Waals surface area (Å²) in [6.07, 6.45) is 1.83. The molecule has 0 heterocycles. The maximum atomic E-state index is 12.4. The average molecular weight is 352 g/mol. The molecule has 124 valence electrons. The van der Waals surface area contributed by atoms with E-state index >= 15 is 0 Å². The van der Waals surface area contributed by atoms with Gasteiger partial charge in [-0.05, 0) is 48.6 Å². The molecular formula is C17H20O4S2. The van der Waals surface area contributed by atoms with Crippen molar-refractivity contribution >= 4 is 17.7 Å². The average Bonchev–Trinajstić information content (AvgIpc) is 2.54. The van der Waals surface area contributed by atoms with Crippen molar-refractivity contribution in [3.8, 4) is 0 Å². The summed E-state index contributed by atoms with van der Waals surface area (Å²) in [6, 6.07) is 13.3. The summed E-state index contributed by atoms with van der Waals surface area (Å²) in [7, 11) is -8.93. The molecule has 6 heteroatoms. The van der Waals surface area contributed by atoms with Crippen molar-refractivity contribution in [1.82, 2.24) is 0 Å². The van der Waals surface area contributed by atoms with E-state index in [4.69, 9.17) is 0 Å². The largest absolute Gasteiger partial charge is 0.286 e. The van der Waals surface area contributed by atoms with Crippen LogP contribution in [0.1, 0.15) is 25.8 Å². The number of hydrogen-bond donors (Lipinski definition) is 0. The minimum Gasteiger partial charge on any atom is -0.207 e. The summed E-state index contributed by atoms with van der Waals surface area (Å²) >= 11 is 0. The molecule has 0 radical (unpaired) electrons. The highest BCUT2D eigenvalue weighted by Crippen LogP contribution is 2.25. The second-order valence-corrected chi connectivity index (χ2v) is 11.2. The van der Waals surface area contributed by atoms with Crippen LogP contribution in [0, 0.1) is 5.92 Å². The lowest BCUT2D eigenvalue weighted by atomic mass is 10.0. The van der Waals surface area contributed by atoms with Gasteiger partial charge in [-0.3, -0.25) is 0 Å². The van der Waals surface area contributed by atoms with E-state index in [9.17, 15) is 16.8 Å². The lowest BCUT2D eigenvalue weighted by Crippen LogP contribution is -2.16. The van der Waals surface area contributed by atoms with E-state index in [2.05, 4.69) is 13.8 Å². The molecule has 0 atom stereocenters. The number of aryl methyl sites for hydroxylation is 1. The van der Waals surface area contributed by atoms with Crippen LogP contribution in [-0.4, -0.2) is 16.8 Å². The zero-order valence-corrected chi connectivity index (χ0v) is 14.8. The fourth-order valence-electron chi connectivity index (χ4n) is 2.12. The van der Waals surface area contributed by atoms with Crippen LogP contribution in [0.25, 0.3) is 0 Å². The molecule has 0 amide bonds. The van der Waals surface area contributed by atoms with Crippen molar-refractivity contribution in [3.63, 3.8) is 0 Å². The summed E-state index contributed by atoms with van der Waals surface area (Å²) in [5.41, 5.74) is 0.995. The molecule has 0 N–H and O–H groups in total. The third-order valence-electron chi connectivity index (χ3n) is 3.54. The molecule has 2 aromatic rings. The van der Waals surface area contributed by atoms with Gasteiger partial charge in [-0.25, -0.2) is 16.8 Å². The van der Waals surface area contributed by atoms with E-state index in [1.165, 1.54) is 36.4 Å². The fraction of sp³-hybridized carbons (Fsp3) is 0.294. The van der Waals surface area contributed by atoms with Crippen molar-refractivity contribution < 1.29 is 16.8 Å². The molecular weight excluding hydrogens is 332 g/mol. The third-order valence-corrected chi connectivity index (χ3v) is 8.71. The minimum absolute atomic E-state index is 0.199. The standard InChI is InChI=1S/C17H20O4S2/c1-14(2)8-9-15-10-12-17(13-11-15)23(20,21)22(18,19)16-6-4-3-5-7-16/h3-7,10-14H,8-9H2,1-2H3. The van der Waals surface area contributed by atoms with Crippen LogP contribution in [-0.2, 0) is 24.2 Å². The predicted molar refractivity (Wildman–Crippen MR) is 90.4 cm³/mol. The van der Waals surface area contributed by atoms with Crippen molar-refractivity contribution in [2.24, 2.45) is 5.92 Å². The summed E-state index contributed by atoms with van der Waals surface area (Å²) < 4.78 is 49.6. The normalized spacial score (nSPS) is 12.5. The van der Waals surface area contributed by atoms with Gasteiger partial charge in [0.15, 0.2) is 0 Å². The van der Waals surface area contributed by atoms with Gasteiger partial charge in [-0.15, -0.1) is 0 Å². The van der Waals surface area contributed by atoms with Crippen LogP contribution < -0.4 is 0 Å². The first-order chi connectivity index (χ1) is 10.7. The lowest BCUT2D eigenvalue weighted by molar-refractivity contribution is 0.582. The summed E-state index contributed by atoms with van der Waals surface area (Å²) in [6.45, 7) is 4.23. The second kappa shape index (κ2) is 6.84. The zero-order chi connectivity index (χ0) is 17.1. The Morgan fingerprint density at radius 1 is 0.739 bits per heavy atom. The molecule has 0 saturated carbocycles. The van der Waals surface area contributed by atoms with Gasteiger partial charge in [0.05, 0.1) is 9.79 Å². The van der Waals surface area contributed by atoms with E-state index in [0.29, 0.717) is 5.92 Å². The maximum absolute atomic E-state index is 12.4. The van der Waals surface area contributed by atoms with E-state index in [-0.39, 0.29) is 9.79 Å². The topological polar surface area (TPSA) is 68.3 Å². The Bertz CT molecular complexity index is 851. The molecule has 23 heavy (non-hydrogen) atoms. The lowest BCUT2D eigenvalue weighted by Gasteiger charge is -2.08. The molecule has 0 fully saturated rings. The van der Waals surface area contributed by atoms with Crippen LogP contribution in [0.2, 0.25) is 0 Å². The molecule has 0 aliphatic heterocycles. The highest BCUT2D eigenvalue weighted by Gasteiger charge is 2.33. The van der Waals surface area contributed by atoms with Crippen LogP contribution in [0.4, 0.5) is 0 Å².